The summed E-state index contributed by atoms with van der Waals surface area (Å²) in [5, 5.41) is 0. The van der Waals surface area contributed by atoms with Crippen molar-refractivity contribution in [2.24, 2.45) is 10.9 Å². The topological polar surface area (TPSA) is 47.6 Å². The first kappa shape index (κ1) is 7.75. The van der Waals surface area contributed by atoms with E-state index in [1.807, 2.05) is 18.2 Å². The molecule has 0 heterocycles. The molecule has 0 aliphatic rings. The minimum atomic E-state index is 0.637. The molecule has 0 saturated heterocycles. The number of hydrogen-bond acceptors (Lipinski definition) is 3. The Labute approximate surface area is 65.5 Å². The normalized spacial score (nSPS) is 10.4. The van der Waals surface area contributed by atoms with E-state index < -0.39 is 0 Å². The summed E-state index contributed by atoms with van der Waals surface area (Å²) in [7, 11) is 1.70. The minimum absolute atomic E-state index is 0.637. The summed E-state index contributed by atoms with van der Waals surface area (Å²) >= 11 is 0. The van der Waals surface area contributed by atoms with Gasteiger partial charge < -0.3 is 4.84 Å². The number of benzene rings is 1. The van der Waals surface area contributed by atoms with Crippen LogP contribution in [0.15, 0.2) is 29.3 Å². The first-order chi connectivity index (χ1) is 5.38. The number of para-hydroxylation sites is 1. The summed E-state index contributed by atoms with van der Waals surface area (Å²) in [6.07, 6.45) is 1.70. The molecule has 0 spiro atoms. The number of nitrogens with zero attached hydrogens (tertiary/aromatic N) is 1. The molecule has 1 rings (SSSR count). The molecule has 0 amide bonds. The number of hydrogen-bond donors (Lipinski definition) is 1. The van der Waals surface area contributed by atoms with Crippen molar-refractivity contribution in [1.29, 1.82) is 0 Å². The molecule has 2 N–H and O–H groups in total. The van der Waals surface area contributed by atoms with Crippen molar-refractivity contribution in [1.82, 2.24) is 0 Å². The quantitative estimate of drug-likeness (QED) is 0.504. The molecule has 0 bridgehead atoms. The second-order valence-corrected chi connectivity index (χ2v) is 2.04. The van der Waals surface area contributed by atoms with E-state index in [1.54, 1.807) is 19.3 Å². The van der Waals surface area contributed by atoms with Crippen LogP contribution < -0.4 is 10.7 Å². The van der Waals surface area contributed by atoms with Gasteiger partial charge in [0.2, 0.25) is 0 Å². The maximum atomic E-state index is 5.02. The molecule has 0 unspecified atom stereocenters. The molecular weight excluding hydrogens is 140 g/mol. The highest BCUT2D eigenvalue weighted by Crippen LogP contribution is 2.13. The maximum absolute atomic E-state index is 5.02. The first-order valence-electron chi connectivity index (χ1n) is 3.26. The van der Waals surface area contributed by atoms with Crippen molar-refractivity contribution in [3.8, 4) is 5.75 Å². The molecule has 11 heavy (non-hydrogen) atoms. The van der Waals surface area contributed by atoms with E-state index in [0.29, 0.717) is 5.75 Å². The average Bonchev–Trinajstić information content (AvgIpc) is 2.06. The lowest BCUT2D eigenvalue weighted by Gasteiger charge is -2.00. The van der Waals surface area contributed by atoms with Crippen molar-refractivity contribution in [2.45, 2.75) is 0 Å². The van der Waals surface area contributed by atoms with E-state index in [0.717, 1.165) is 5.56 Å². The van der Waals surface area contributed by atoms with Crippen molar-refractivity contribution in [3.05, 3.63) is 29.8 Å². The molecule has 3 heteroatoms. The fraction of sp³-hybridized carbons (Fsp3) is 0.125. The monoisotopic (exact) mass is 150 g/mol. The summed E-state index contributed by atoms with van der Waals surface area (Å²) in [6, 6.07) is 7.43. The third-order valence-electron chi connectivity index (χ3n) is 1.31. The van der Waals surface area contributed by atoms with Crippen LogP contribution in [-0.4, -0.2) is 13.3 Å². The van der Waals surface area contributed by atoms with Crippen LogP contribution in [0.1, 0.15) is 5.56 Å². The Morgan fingerprint density at radius 1 is 1.45 bits per heavy atom. The Balaban J connectivity index is 3.02. The molecule has 1 aromatic carbocycles. The van der Waals surface area contributed by atoms with Crippen molar-refractivity contribution < 1.29 is 4.84 Å². The third kappa shape index (κ3) is 1.78. The van der Waals surface area contributed by atoms with Gasteiger partial charge in [-0.15, -0.1) is 0 Å². The van der Waals surface area contributed by atoms with Gasteiger partial charge in [-0.1, -0.05) is 12.1 Å². The van der Waals surface area contributed by atoms with Crippen LogP contribution in [0.2, 0.25) is 0 Å². The van der Waals surface area contributed by atoms with Gasteiger partial charge in [-0.25, -0.2) is 0 Å². The van der Waals surface area contributed by atoms with Crippen LogP contribution in [-0.2, 0) is 0 Å². The van der Waals surface area contributed by atoms with Crippen molar-refractivity contribution in [2.75, 3.05) is 7.05 Å². The predicted molar refractivity (Wildman–Crippen MR) is 44.8 cm³/mol. The first-order valence-corrected chi connectivity index (χ1v) is 3.26. The predicted octanol–water partition coefficient (Wildman–Crippen LogP) is 0.988. The largest absolute Gasteiger partial charge is 0.411 e. The van der Waals surface area contributed by atoms with E-state index in [9.17, 15) is 0 Å². The lowest BCUT2D eigenvalue weighted by molar-refractivity contribution is 0.334. The van der Waals surface area contributed by atoms with Gasteiger partial charge in [0.25, 0.3) is 0 Å². The zero-order valence-corrected chi connectivity index (χ0v) is 6.32. The van der Waals surface area contributed by atoms with Gasteiger partial charge >= 0.3 is 0 Å². The molecule has 3 nitrogen and oxygen atoms in total. The molecule has 0 aromatic heterocycles. The smallest absolute Gasteiger partial charge is 0.155 e. The Hall–Kier alpha value is -1.35. The zero-order valence-electron chi connectivity index (χ0n) is 6.32. The van der Waals surface area contributed by atoms with E-state index in [4.69, 9.17) is 5.90 Å². The summed E-state index contributed by atoms with van der Waals surface area (Å²) in [6.45, 7) is 0. The number of aliphatic imine (C=N–C) groups is 1. The van der Waals surface area contributed by atoms with E-state index in [-0.39, 0.29) is 0 Å². The van der Waals surface area contributed by atoms with Crippen molar-refractivity contribution in [3.63, 3.8) is 0 Å². The van der Waals surface area contributed by atoms with Crippen LogP contribution in [0.5, 0.6) is 5.75 Å². The van der Waals surface area contributed by atoms with Gasteiger partial charge in [-0.3, -0.25) is 4.99 Å². The van der Waals surface area contributed by atoms with Gasteiger partial charge in [0.15, 0.2) is 5.75 Å². The zero-order chi connectivity index (χ0) is 8.10. The molecule has 0 saturated carbocycles. The second-order valence-electron chi connectivity index (χ2n) is 2.04. The molecule has 0 aliphatic carbocycles. The fourth-order valence-corrected chi connectivity index (χ4v) is 0.834. The Kier molecular flexibility index (Phi) is 2.63. The molecule has 0 atom stereocenters. The van der Waals surface area contributed by atoms with Crippen LogP contribution >= 0.6 is 0 Å². The summed E-state index contributed by atoms with van der Waals surface area (Å²) < 4.78 is 0. The second kappa shape index (κ2) is 3.73. The van der Waals surface area contributed by atoms with E-state index >= 15 is 0 Å². The van der Waals surface area contributed by atoms with Crippen LogP contribution in [0.25, 0.3) is 0 Å². The van der Waals surface area contributed by atoms with E-state index in [1.165, 1.54) is 0 Å². The lowest BCUT2D eigenvalue weighted by Crippen LogP contribution is -2.03. The Morgan fingerprint density at radius 3 is 2.82 bits per heavy atom. The molecule has 1 aromatic rings. The molecule has 0 aliphatic heterocycles. The maximum Gasteiger partial charge on any atom is 0.155 e. The highest BCUT2D eigenvalue weighted by molar-refractivity contribution is 5.83. The molecule has 0 fully saturated rings. The van der Waals surface area contributed by atoms with Crippen molar-refractivity contribution >= 4 is 6.21 Å². The standard InChI is InChI=1S/C8H10N2O/c1-10-6-7-4-2-3-5-8(7)11-9/h2-6H,9H2,1H3/b10-6+. The molecule has 58 valence electrons. The van der Waals surface area contributed by atoms with Gasteiger partial charge in [0.05, 0.1) is 0 Å². The van der Waals surface area contributed by atoms with E-state index in [2.05, 4.69) is 9.83 Å². The Morgan fingerprint density at radius 2 is 2.18 bits per heavy atom. The SMILES string of the molecule is C/N=C/c1ccccc1ON. The highest BCUT2D eigenvalue weighted by Gasteiger charge is 1.96. The van der Waals surface area contributed by atoms with Crippen LogP contribution in [0.4, 0.5) is 0 Å². The number of nitrogens with two attached hydrogens (primary N) is 1. The Bertz CT molecular complexity index is 258. The third-order valence-corrected chi connectivity index (χ3v) is 1.31. The highest BCUT2D eigenvalue weighted by atomic mass is 16.6. The fourth-order valence-electron chi connectivity index (χ4n) is 0.834. The van der Waals surface area contributed by atoms with Gasteiger partial charge in [-0.05, 0) is 12.1 Å². The summed E-state index contributed by atoms with van der Waals surface area (Å²) in [4.78, 5) is 8.46. The lowest BCUT2D eigenvalue weighted by atomic mass is 10.2. The minimum Gasteiger partial charge on any atom is -0.411 e. The van der Waals surface area contributed by atoms with Crippen LogP contribution in [0.3, 0.4) is 0 Å². The van der Waals surface area contributed by atoms with Gasteiger partial charge in [0.1, 0.15) is 0 Å². The van der Waals surface area contributed by atoms with Crippen LogP contribution in [0, 0.1) is 0 Å². The molecule has 0 radical (unpaired) electrons. The summed E-state index contributed by atoms with van der Waals surface area (Å²) in [5.41, 5.74) is 0.887. The summed E-state index contributed by atoms with van der Waals surface area (Å²) in [5.74, 6) is 5.66. The average molecular weight is 150 g/mol. The van der Waals surface area contributed by atoms with Gasteiger partial charge in [0, 0.05) is 18.8 Å². The molecular formula is C8H10N2O. The van der Waals surface area contributed by atoms with Gasteiger partial charge in [-0.2, -0.15) is 5.90 Å². The number of rotatable bonds is 2.